The summed E-state index contributed by atoms with van der Waals surface area (Å²) in [4.78, 5) is 60.7. The molecule has 0 aliphatic heterocycles. The molecular formula is C22H40N4O7S. The molecule has 0 aliphatic rings. The van der Waals surface area contributed by atoms with Gasteiger partial charge in [0.2, 0.25) is 17.7 Å². The third kappa shape index (κ3) is 12.2. The fourth-order valence-electron chi connectivity index (χ4n) is 3.10. The molecule has 0 saturated carbocycles. The summed E-state index contributed by atoms with van der Waals surface area (Å²) in [5.41, 5.74) is 5.76. The van der Waals surface area contributed by atoms with Crippen LogP contribution in [-0.2, 0) is 24.0 Å². The highest BCUT2D eigenvalue weighted by Crippen LogP contribution is 2.11. The van der Waals surface area contributed by atoms with Crippen molar-refractivity contribution in [3.8, 4) is 0 Å². The molecule has 0 rings (SSSR count). The lowest BCUT2D eigenvalue weighted by atomic mass is 9.97. The van der Waals surface area contributed by atoms with Gasteiger partial charge in [-0.25, -0.2) is 4.79 Å². The zero-order valence-corrected chi connectivity index (χ0v) is 21.4. The summed E-state index contributed by atoms with van der Waals surface area (Å²) in [6.45, 7) is 7.28. The predicted octanol–water partition coefficient (Wildman–Crippen LogP) is 0.563. The van der Waals surface area contributed by atoms with Crippen LogP contribution < -0.4 is 21.7 Å². The van der Waals surface area contributed by atoms with Crippen molar-refractivity contribution in [1.29, 1.82) is 0 Å². The largest absolute Gasteiger partial charge is 0.481 e. The second-order valence-electron chi connectivity index (χ2n) is 8.78. The van der Waals surface area contributed by atoms with E-state index in [0.29, 0.717) is 12.2 Å². The molecule has 0 aromatic heterocycles. The smallest absolute Gasteiger partial charge is 0.326 e. The summed E-state index contributed by atoms with van der Waals surface area (Å²) >= 11 is 1.47. The quantitative estimate of drug-likeness (QED) is 0.164. The summed E-state index contributed by atoms with van der Waals surface area (Å²) in [5.74, 6) is -3.82. The monoisotopic (exact) mass is 504 g/mol. The van der Waals surface area contributed by atoms with E-state index < -0.39 is 53.8 Å². The fourth-order valence-corrected chi connectivity index (χ4v) is 3.57. The maximum Gasteiger partial charge on any atom is 0.326 e. The summed E-state index contributed by atoms with van der Waals surface area (Å²) < 4.78 is 0. The van der Waals surface area contributed by atoms with Gasteiger partial charge in [-0.2, -0.15) is 11.8 Å². The number of carbonyl (C=O) groups is 5. The highest BCUT2D eigenvalue weighted by Gasteiger charge is 2.32. The molecule has 0 aromatic carbocycles. The van der Waals surface area contributed by atoms with Gasteiger partial charge >= 0.3 is 11.9 Å². The number of nitrogens with two attached hydrogens (primary N) is 1. The van der Waals surface area contributed by atoms with Crippen LogP contribution in [0.25, 0.3) is 0 Å². The summed E-state index contributed by atoms with van der Waals surface area (Å²) in [6.07, 6.45) is 2.53. The Labute approximate surface area is 205 Å². The van der Waals surface area contributed by atoms with Crippen LogP contribution in [0.2, 0.25) is 0 Å². The van der Waals surface area contributed by atoms with Crippen molar-refractivity contribution in [3.63, 3.8) is 0 Å². The number of hydrogen-bond donors (Lipinski definition) is 6. The molecule has 3 amide bonds. The lowest BCUT2D eigenvalue weighted by Crippen LogP contribution is -2.58. The minimum atomic E-state index is -1.16. The molecule has 12 heteroatoms. The van der Waals surface area contributed by atoms with Crippen molar-refractivity contribution in [2.24, 2.45) is 17.6 Å². The van der Waals surface area contributed by atoms with Gasteiger partial charge in [-0.05, 0) is 43.1 Å². The third-order valence-electron chi connectivity index (χ3n) is 5.36. The van der Waals surface area contributed by atoms with Gasteiger partial charge in [0.05, 0.1) is 6.04 Å². The molecule has 0 heterocycles. The zero-order valence-electron chi connectivity index (χ0n) is 20.6. The zero-order chi connectivity index (χ0) is 26.4. The van der Waals surface area contributed by atoms with Gasteiger partial charge in [0.1, 0.15) is 18.1 Å². The second-order valence-corrected chi connectivity index (χ2v) is 9.77. The minimum absolute atomic E-state index is 0.0379. The van der Waals surface area contributed by atoms with E-state index in [1.54, 1.807) is 6.92 Å². The molecule has 0 fully saturated rings. The Balaban J connectivity index is 5.48. The van der Waals surface area contributed by atoms with Crippen molar-refractivity contribution in [2.75, 3.05) is 12.0 Å². The molecule has 0 aliphatic carbocycles. The molecule has 5 unspecified atom stereocenters. The molecule has 11 nitrogen and oxygen atoms in total. The molecular weight excluding hydrogens is 464 g/mol. The van der Waals surface area contributed by atoms with Gasteiger partial charge in [0.25, 0.3) is 0 Å². The predicted molar refractivity (Wildman–Crippen MR) is 130 cm³/mol. The number of amides is 3. The molecule has 0 saturated heterocycles. The molecule has 0 aromatic rings. The van der Waals surface area contributed by atoms with Crippen LogP contribution in [0.5, 0.6) is 0 Å². The van der Waals surface area contributed by atoms with Gasteiger partial charge in [-0.15, -0.1) is 0 Å². The maximum absolute atomic E-state index is 13.1. The first kappa shape index (κ1) is 31.7. The van der Waals surface area contributed by atoms with E-state index in [1.165, 1.54) is 11.8 Å². The van der Waals surface area contributed by atoms with Gasteiger partial charge in [0, 0.05) is 6.42 Å². The third-order valence-corrected chi connectivity index (χ3v) is 6.01. The van der Waals surface area contributed by atoms with Crippen molar-refractivity contribution < 1.29 is 34.2 Å². The Morgan fingerprint density at radius 2 is 1.47 bits per heavy atom. The van der Waals surface area contributed by atoms with Gasteiger partial charge in [0.15, 0.2) is 0 Å². The van der Waals surface area contributed by atoms with Gasteiger partial charge in [-0.3, -0.25) is 19.2 Å². The first-order valence-electron chi connectivity index (χ1n) is 11.4. The van der Waals surface area contributed by atoms with E-state index in [2.05, 4.69) is 16.0 Å². The summed E-state index contributed by atoms with van der Waals surface area (Å²) in [5, 5.41) is 25.9. The Morgan fingerprint density at radius 3 is 1.94 bits per heavy atom. The number of carbonyl (C=O) groups excluding carboxylic acids is 3. The van der Waals surface area contributed by atoms with Gasteiger partial charge < -0.3 is 31.9 Å². The van der Waals surface area contributed by atoms with Crippen molar-refractivity contribution in [1.82, 2.24) is 16.0 Å². The van der Waals surface area contributed by atoms with E-state index in [-0.39, 0.29) is 37.5 Å². The standard InChI is InChI=1S/C22H40N4O7S/c1-6-13(4)18(26-19(29)14(23)7-8-17(27)28)21(31)24-15(9-10-34-5)20(30)25-16(22(32)33)11-12(2)3/h12-16,18H,6-11,23H2,1-5H3,(H,24,31)(H,25,30)(H,26,29)(H,27,28)(H,32,33). The number of carboxylic acids is 2. The average Bonchev–Trinajstić information content (AvgIpc) is 2.76. The number of aliphatic carboxylic acids is 2. The highest BCUT2D eigenvalue weighted by atomic mass is 32.2. The normalized spacial score (nSPS) is 15.5. The first-order valence-corrected chi connectivity index (χ1v) is 12.8. The van der Waals surface area contributed by atoms with E-state index >= 15 is 0 Å². The number of carboxylic acid groups (broad SMARTS) is 2. The molecule has 7 N–H and O–H groups in total. The summed E-state index contributed by atoms with van der Waals surface area (Å²) in [7, 11) is 0. The van der Waals surface area contributed by atoms with Crippen molar-refractivity contribution in [2.45, 2.75) is 84.0 Å². The van der Waals surface area contributed by atoms with Crippen LogP contribution in [-0.4, -0.2) is 76.0 Å². The van der Waals surface area contributed by atoms with Crippen molar-refractivity contribution >= 4 is 41.4 Å². The van der Waals surface area contributed by atoms with E-state index in [1.807, 2.05) is 27.0 Å². The maximum atomic E-state index is 13.1. The van der Waals surface area contributed by atoms with Gasteiger partial charge in [-0.1, -0.05) is 34.1 Å². The molecule has 0 spiro atoms. The lowest BCUT2D eigenvalue weighted by Gasteiger charge is -2.28. The molecule has 0 bridgehead atoms. The number of hydrogen-bond acceptors (Lipinski definition) is 7. The van der Waals surface area contributed by atoms with Crippen LogP contribution in [0, 0.1) is 11.8 Å². The average molecular weight is 505 g/mol. The van der Waals surface area contributed by atoms with Crippen LogP contribution >= 0.6 is 11.8 Å². The summed E-state index contributed by atoms with van der Waals surface area (Å²) in [6, 6.07) is -4.17. The second kappa shape index (κ2) is 16.3. The first-order chi connectivity index (χ1) is 15.8. The fraction of sp³-hybridized carbons (Fsp3) is 0.773. The van der Waals surface area contributed by atoms with Crippen LogP contribution in [0.3, 0.4) is 0 Å². The number of nitrogens with one attached hydrogen (secondary N) is 3. The minimum Gasteiger partial charge on any atom is -0.481 e. The van der Waals surface area contributed by atoms with Crippen LogP contribution in [0.1, 0.15) is 59.8 Å². The van der Waals surface area contributed by atoms with Crippen LogP contribution in [0.15, 0.2) is 0 Å². The molecule has 34 heavy (non-hydrogen) atoms. The Kier molecular flexibility index (Phi) is 15.2. The van der Waals surface area contributed by atoms with E-state index in [9.17, 15) is 29.1 Å². The number of thioether (sulfide) groups is 1. The molecule has 196 valence electrons. The Hall–Kier alpha value is -2.34. The molecule has 0 radical (unpaired) electrons. The molecule has 5 atom stereocenters. The van der Waals surface area contributed by atoms with E-state index in [4.69, 9.17) is 10.8 Å². The lowest BCUT2D eigenvalue weighted by molar-refractivity contribution is -0.143. The van der Waals surface area contributed by atoms with E-state index in [0.717, 1.165) is 0 Å². The van der Waals surface area contributed by atoms with Crippen molar-refractivity contribution in [3.05, 3.63) is 0 Å². The topological polar surface area (TPSA) is 188 Å². The SMILES string of the molecule is CCC(C)C(NC(=O)C(N)CCC(=O)O)C(=O)NC(CCSC)C(=O)NC(CC(C)C)C(=O)O. The Morgan fingerprint density at radius 1 is 0.882 bits per heavy atom. The van der Waals surface area contributed by atoms with Crippen LogP contribution in [0.4, 0.5) is 0 Å². The number of rotatable bonds is 17. The Bertz CT molecular complexity index is 705. The highest BCUT2D eigenvalue weighted by molar-refractivity contribution is 7.98.